The van der Waals surface area contributed by atoms with Crippen molar-refractivity contribution in [3.63, 3.8) is 0 Å². The van der Waals surface area contributed by atoms with E-state index in [9.17, 15) is 5.11 Å². The lowest BCUT2D eigenvalue weighted by molar-refractivity contribution is -0.0173. The zero-order chi connectivity index (χ0) is 13.2. The predicted molar refractivity (Wildman–Crippen MR) is 71.5 cm³/mol. The number of nitrogens with one attached hydrogen (secondary N) is 1. The van der Waals surface area contributed by atoms with E-state index in [4.69, 9.17) is 14.3 Å². The average Bonchev–Trinajstić information content (AvgIpc) is 2.36. The topological polar surface area (TPSA) is 60.0 Å². The summed E-state index contributed by atoms with van der Waals surface area (Å²) in [5.74, 6) is 0.712. The van der Waals surface area contributed by atoms with Crippen LogP contribution >= 0.6 is 15.9 Å². The Bertz CT molecular complexity index is 338. The number of methoxy groups -OCH3 is 1. The van der Waals surface area contributed by atoms with E-state index in [1.807, 2.05) is 24.3 Å². The Kier molecular flexibility index (Phi) is 7.95. The van der Waals surface area contributed by atoms with Crippen LogP contribution in [0.3, 0.4) is 0 Å². The Labute approximate surface area is 115 Å². The van der Waals surface area contributed by atoms with E-state index in [2.05, 4.69) is 21.4 Å². The summed E-state index contributed by atoms with van der Waals surface area (Å²) in [6, 6.07) is 7.46. The maximum Gasteiger partial charge on any atom is 0.120 e. The molecule has 0 saturated carbocycles. The van der Waals surface area contributed by atoms with E-state index >= 15 is 0 Å². The molecule has 1 aromatic rings. The molecule has 6 heteroatoms. The molecule has 0 heterocycles. The summed E-state index contributed by atoms with van der Waals surface area (Å²) in [4.78, 5) is 5.02. The Morgan fingerprint density at radius 1 is 1.39 bits per heavy atom. The minimum absolute atomic E-state index is 0.205. The minimum Gasteiger partial charge on any atom is -0.491 e. The van der Waals surface area contributed by atoms with Crippen molar-refractivity contribution in [1.29, 1.82) is 0 Å². The van der Waals surface area contributed by atoms with Crippen LogP contribution in [0.2, 0.25) is 0 Å². The molecule has 1 rings (SSSR count). The summed E-state index contributed by atoms with van der Waals surface area (Å²) in [7, 11) is 1.60. The van der Waals surface area contributed by atoms with E-state index in [-0.39, 0.29) is 6.61 Å². The second-order valence-corrected chi connectivity index (χ2v) is 4.53. The molecule has 0 aliphatic heterocycles. The van der Waals surface area contributed by atoms with Crippen LogP contribution < -0.4 is 10.2 Å². The molecule has 0 fully saturated rings. The molecular weight excluding hydrogens is 302 g/mol. The highest BCUT2D eigenvalue weighted by molar-refractivity contribution is 9.10. The van der Waals surface area contributed by atoms with Gasteiger partial charge < -0.3 is 14.6 Å². The summed E-state index contributed by atoms with van der Waals surface area (Å²) in [5, 5.41) is 9.63. The Balaban J connectivity index is 2.11. The smallest absolute Gasteiger partial charge is 0.120 e. The fraction of sp³-hybridized carbons (Fsp3) is 0.500. The Morgan fingerprint density at radius 2 is 2.22 bits per heavy atom. The van der Waals surface area contributed by atoms with Gasteiger partial charge in [0.2, 0.25) is 0 Å². The Morgan fingerprint density at radius 3 is 2.94 bits per heavy atom. The summed E-state index contributed by atoms with van der Waals surface area (Å²) < 4.78 is 11.2. The number of aliphatic hydroxyl groups is 1. The standard InChI is InChI=1S/C12H18BrNO4/c1-16-5-6-18-14-8-11(15)9-17-12-4-2-3-10(13)7-12/h2-4,7,11,14-15H,5-6,8-9H2,1H3. The van der Waals surface area contributed by atoms with Gasteiger partial charge in [0, 0.05) is 11.6 Å². The van der Waals surface area contributed by atoms with Gasteiger partial charge in [-0.05, 0) is 18.2 Å². The molecule has 0 spiro atoms. The molecular formula is C12H18BrNO4. The van der Waals surface area contributed by atoms with Crippen LogP contribution in [0.1, 0.15) is 0 Å². The zero-order valence-corrected chi connectivity index (χ0v) is 11.9. The lowest BCUT2D eigenvalue weighted by Gasteiger charge is -2.13. The van der Waals surface area contributed by atoms with Crippen molar-refractivity contribution < 1.29 is 19.4 Å². The number of rotatable bonds is 9. The molecule has 2 N–H and O–H groups in total. The van der Waals surface area contributed by atoms with Gasteiger partial charge in [-0.15, -0.1) is 0 Å². The van der Waals surface area contributed by atoms with Gasteiger partial charge in [0.05, 0.1) is 19.8 Å². The first kappa shape index (κ1) is 15.4. The van der Waals surface area contributed by atoms with Crippen molar-refractivity contribution in [3.8, 4) is 5.75 Å². The fourth-order valence-corrected chi connectivity index (χ4v) is 1.54. The van der Waals surface area contributed by atoms with Crippen molar-refractivity contribution >= 4 is 15.9 Å². The third kappa shape index (κ3) is 6.93. The molecule has 0 aliphatic carbocycles. The number of aliphatic hydroxyl groups excluding tert-OH is 1. The van der Waals surface area contributed by atoms with Gasteiger partial charge in [0.1, 0.15) is 18.5 Å². The first-order valence-electron chi connectivity index (χ1n) is 5.62. The number of halogens is 1. The summed E-state index contributed by atoms with van der Waals surface area (Å²) >= 11 is 3.35. The van der Waals surface area contributed by atoms with Crippen molar-refractivity contribution in [3.05, 3.63) is 28.7 Å². The lowest BCUT2D eigenvalue weighted by Crippen LogP contribution is -2.32. The van der Waals surface area contributed by atoms with Gasteiger partial charge in [-0.3, -0.25) is 4.84 Å². The molecule has 0 aromatic heterocycles. The van der Waals surface area contributed by atoms with Gasteiger partial charge >= 0.3 is 0 Å². The Hall–Kier alpha value is -0.660. The van der Waals surface area contributed by atoms with Gasteiger partial charge in [-0.1, -0.05) is 22.0 Å². The second kappa shape index (κ2) is 9.29. The molecule has 0 aliphatic rings. The summed E-state index contributed by atoms with van der Waals surface area (Å²) in [5.41, 5.74) is 2.65. The van der Waals surface area contributed by atoms with Crippen LogP contribution in [0.25, 0.3) is 0 Å². The van der Waals surface area contributed by atoms with E-state index < -0.39 is 6.10 Å². The normalized spacial score (nSPS) is 12.4. The third-order valence-electron chi connectivity index (χ3n) is 2.05. The van der Waals surface area contributed by atoms with Gasteiger partial charge in [0.25, 0.3) is 0 Å². The van der Waals surface area contributed by atoms with E-state index in [0.717, 1.165) is 4.47 Å². The van der Waals surface area contributed by atoms with Crippen LogP contribution in [-0.2, 0) is 9.57 Å². The monoisotopic (exact) mass is 319 g/mol. The molecule has 102 valence electrons. The summed E-state index contributed by atoms with van der Waals surface area (Å²) in [6.45, 7) is 1.46. The molecule has 0 saturated heterocycles. The molecule has 1 unspecified atom stereocenters. The maximum atomic E-state index is 9.63. The fourth-order valence-electron chi connectivity index (χ4n) is 1.16. The second-order valence-electron chi connectivity index (χ2n) is 3.61. The highest BCUT2D eigenvalue weighted by atomic mass is 79.9. The summed E-state index contributed by atoms with van der Waals surface area (Å²) in [6.07, 6.45) is -0.633. The van der Waals surface area contributed by atoms with Crippen molar-refractivity contribution in [2.24, 2.45) is 0 Å². The predicted octanol–water partition coefficient (Wildman–Crippen LogP) is 1.36. The first-order valence-corrected chi connectivity index (χ1v) is 6.41. The van der Waals surface area contributed by atoms with Gasteiger partial charge in [-0.25, -0.2) is 0 Å². The van der Waals surface area contributed by atoms with Crippen LogP contribution in [0, 0.1) is 0 Å². The molecule has 0 amide bonds. The van der Waals surface area contributed by atoms with Crippen LogP contribution in [0.4, 0.5) is 0 Å². The molecule has 5 nitrogen and oxygen atoms in total. The quantitative estimate of drug-likeness (QED) is 0.531. The third-order valence-corrected chi connectivity index (χ3v) is 2.54. The van der Waals surface area contributed by atoms with E-state index in [1.165, 1.54) is 0 Å². The molecule has 0 radical (unpaired) electrons. The highest BCUT2D eigenvalue weighted by Crippen LogP contribution is 2.17. The van der Waals surface area contributed by atoms with Gasteiger partial charge in [0.15, 0.2) is 0 Å². The van der Waals surface area contributed by atoms with Crippen LogP contribution in [-0.4, -0.2) is 44.7 Å². The van der Waals surface area contributed by atoms with E-state index in [0.29, 0.717) is 25.5 Å². The van der Waals surface area contributed by atoms with Gasteiger partial charge in [-0.2, -0.15) is 5.48 Å². The zero-order valence-electron chi connectivity index (χ0n) is 10.3. The van der Waals surface area contributed by atoms with Crippen LogP contribution in [0.5, 0.6) is 5.75 Å². The molecule has 0 bridgehead atoms. The first-order chi connectivity index (χ1) is 8.72. The SMILES string of the molecule is COCCONCC(O)COc1cccc(Br)c1. The largest absolute Gasteiger partial charge is 0.491 e. The maximum absolute atomic E-state index is 9.63. The minimum atomic E-state index is -0.633. The van der Waals surface area contributed by atoms with Crippen molar-refractivity contribution in [1.82, 2.24) is 5.48 Å². The highest BCUT2D eigenvalue weighted by Gasteiger charge is 2.05. The van der Waals surface area contributed by atoms with E-state index in [1.54, 1.807) is 7.11 Å². The number of hydroxylamine groups is 1. The number of ether oxygens (including phenoxy) is 2. The number of benzene rings is 1. The molecule has 18 heavy (non-hydrogen) atoms. The molecule has 1 aromatic carbocycles. The average molecular weight is 320 g/mol. The molecule has 1 atom stereocenters. The van der Waals surface area contributed by atoms with Crippen LogP contribution in [0.15, 0.2) is 28.7 Å². The lowest BCUT2D eigenvalue weighted by atomic mass is 10.3. The van der Waals surface area contributed by atoms with Crippen molar-refractivity contribution in [2.75, 3.05) is 33.5 Å². The number of hydrogen-bond acceptors (Lipinski definition) is 5. The number of hydrogen-bond donors (Lipinski definition) is 2. The van der Waals surface area contributed by atoms with Crippen molar-refractivity contribution in [2.45, 2.75) is 6.10 Å².